The molecule has 5 nitrogen and oxygen atoms in total. The molecular weight excluding hydrogens is 495 g/mol. The van der Waals surface area contributed by atoms with E-state index in [0.717, 1.165) is 11.1 Å². The van der Waals surface area contributed by atoms with Crippen LogP contribution in [0.15, 0.2) is 72.8 Å². The first-order chi connectivity index (χ1) is 17.1. The zero-order valence-corrected chi connectivity index (χ0v) is 22.6. The second kappa shape index (κ2) is 12.3. The lowest BCUT2D eigenvalue weighted by Gasteiger charge is -2.34. The van der Waals surface area contributed by atoms with Gasteiger partial charge in [-0.1, -0.05) is 71.7 Å². The van der Waals surface area contributed by atoms with Gasteiger partial charge in [-0.15, -0.1) is 0 Å². The number of carbonyl (C=O) groups is 2. The van der Waals surface area contributed by atoms with Gasteiger partial charge in [-0.3, -0.25) is 9.59 Å². The molecule has 3 aromatic carbocycles. The van der Waals surface area contributed by atoms with Crippen molar-refractivity contribution in [1.82, 2.24) is 10.2 Å². The van der Waals surface area contributed by atoms with E-state index >= 15 is 0 Å². The molecule has 0 spiro atoms. The summed E-state index contributed by atoms with van der Waals surface area (Å²) in [5.74, 6) is 0.304. The average molecular weight is 527 g/mol. The molecule has 0 heterocycles. The highest BCUT2D eigenvalue weighted by Crippen LogP contribution is 2.25. The molecule has 0 unspecified atom stereocenters. The fourth-order valence-corrected chi connectivity index (χ4v) is 4.33. The lowest BCUT2D eigenvalue weighted by atomic mass is 9.99. The molecule has 1 atom stereocenters. The first-order valence-electron chi connectivity index (χ1n) is 11.8. The summed E-state index contributed by atoms with van der Waals surface area (Å²) in [6.07, 6.45) is 0.492. The topological polar surface area (TPSA) is 58.6 Å². The third-order valence-corrected chi connectivity index (χ3v) is 6.23. The van der Waals surface area contributed by atoms with Crippen LogP contribution in [0.5, 0.6) is 5.75 Å². The van der Waals surface area contributed by atoms with Gasteiger partial charge in [-0.05, 0) is 61.7 Å². The number of nitrogens with one attached hydrogen (secondary N) is 1. The van der Waals surface area contributed by atoms with Crippen molar-refractivity contribution in [1.29, 1.82) is 0 Å². The third-order valence-electron chi connectivity index (χ3n) is 5.64. The van der Waals surface area contributed by atoms with E-state index in [1.807, 2.05) is 75.4 Å². The minimum absolute atomic E-state index is 0.128. The summed E-state index contributed by atoms with van der Waals surface area (Å²) in [7, 11) is 1.60. The molecule has 0 saturated heterocycles. The molecule has 190 valence electrons. The monoisotopic (exact) mass is 526 g/mol. The standard InChI is InChI=1S/C29H32Cl2N2O3/c1-29(2,3)32-28(35)26(16-20-8-6-5-7-9-20)33(19-22-12-13-23(30)18-25(22)31)27(34)17-21-10-14-24(36-4)15-11-21/h5-15,18,26H,16-17,19H2,1-4H3,(H,32,35)/t26-/m0/s1. The molecule has 0 aliphatic heterocycles. The van der Waals surface area contributed by atoms with Crippen LogP contribution in [-0.2, 0) is 29.0 Å². The molecule has 3 aromatic rings. The molecule has 0 bridgehead atoms. The molecule has 0 aromatic heterocycles. The van der Waals surface area contributed by atoms with E-state index in [4.69, 9.17) is 27.9 Å². The molecule has 2 amide bonds. The van der Waals surface area contributed by atoms with Gasteiger partial charge in [0.25, 0.3) is 0 Å². The quantitative estimate of drug-likeness (QED) is 0.366. The van der Waals surface area contributed by atoms with Crippen LogP contribution < -0.4 is 10.1 Å². The van der Waals surface area contributed by atoms with E-state index in [1.165, 1.54) is 0 Å². The number of nitrogens with zero attached hydrogens (tertiary/aromatic N) is 1. The van der Waals surface area contributed by atoms with Gasteiger partial charge in [0.1, 0.15) is 11.8 Å². The first kappa shape index (κ1) is 27.6. The molecule has 0 radical (unpaired) electrons. The summed E-state index contributed by atoms with van der Waals surface area (Å²) < 4.78 is 5.23. The predicted octanol–water partition coefficient (Wildman–Crippen LogP) is 6.10. The van der Waals surface area contributed by atoms with Crippen LogP contribution in [0.25, 0.3) is 0 Å². The van der Waals surface area contributed by atoms with Crippen LogP contribution >= 0.6 is 23.2 Å². The Balaban J connectivity index is 2.00. The zero-order valence-electron chi connectivity index (χ0n) is 21.1. The molecule has 0 aliphatic rings. The fraction of sp³-hybridized carbons (Fsp3) is 0.310. The molecule has 1 N–H and O–H groups in total. The Labute approximate surface area is 223 Å². The predicted molar refractivity (Wildman–Crippen MR) is 146 cm³/mol. The van der Waals surface area contributed by atoms with Crippen molar-refractivity contribution >= 4 is 35.0 Å². The minimum atomic E-state index is -0.746. The van der Waals surface area contributed by atoms with Gasteiger partial charge in [0, 0.05) is 28.5 Å². The van der Waals surface area contributed by atoms with Gasteiger partial charge in [0.15, 0.2) is 0 Å². The van der Waals surface area contributed by atoms with Gasteiger partial charge in [0.2, 0.25) is 11.8 Å². The maximum atomic E-state index is 13.8. The largest absolute Gasteiger partial charge is 0.497 e. The number of methoxy groups -OCH3 is 1. The van der Waals surface area contributed by atoms with Crippen LogP contribution in [0.4, 0.5) is 0 Å². The average Bonchev–Trinajstić information content (AvgIpc) is 2.82. The Morgan fingerprint density at radius 2 is 1.61 bits per heavy atom. The van der Waals surface area contributed by atoms with E-state index in [0.29, 0.717) is 27.8 Å². The van der Waals surface area contributed by atoms with Crippen LogP contribution in [0.1, 0.15) is 37.5 Å². The van der Waals surface area contributed by atoms with Crippen molar-refractivity contribution in [2.75, 3.05) is 7.11 Å². The molecule has 0 aliphatic carbocycles. The van der Waals surface area contributed by atoms with E-state index in [1.54, 1.807) is 30.2 Å². The van der Waals surface area contributed by atoms with Crippen LogP contribution in [0, 0.1) is 0 Å². The highest BCUT2D eigenvalue weighted by Gasteiger charge is 2.32. The van der Waals surface area contributed by atoms with Gasteiger partial charge in [-0.25, -0.2) is 0 Å². The van der Waals surface area contributed by atoms with Crippen molar-refractivity contribution in [2.45, 2.75) is 51.7 Å². The van der Waals surface area contributed by atoms with Crippen LogP contribution in [-0.4, -0.2) is 35.4 Å². The van der Waals surface area contributed by atoms with Crippen molar-refractivity contribution < 1.29 is 14.3 Å². The third kappa shape index (κ3) is 8.00. The Bertz CT molecular complexity index is 1180. The summed E-state index contributed by atoms with van der Waals surface area (Å²) >= 11 is 12.6. The maximum absolute atomic E-state index is 13.8. The number of ether oxygens (including phenoxy) is 1. The van der Waals surface area contributed by atoms with Gasteiger partial charge in [-0.2, -0.15) is 0 Å². The molecule has 0 fully saturated rings. The zero-order chi connectivity index (χ0) is 26.3. The Hall–Kier alpha value is -3.02. The minimum Gasteiger partial charge on any atom is -0.497 e. The normalized spacial score (nSPS) is 12.1. The van der Waals surface area contributed by atoms with Crippen molar-refractivity contribution in [2.24, 2.45) is 0 Å². The number of benzene rings is 3. The molecule has 36 heavy (non-hydrogen) atoms. The second-order valence-corrected chi connectivity index (χ2v) is 10.6. The summed E-state index contributed by atoms with van der Waals surface area (Å²) in [5, 5.41) is 4.01. The highest BCUT2D eigenvalue weighted by atomic mass is 35.5. The van der Waals surface area contributed by atoms with E-state index < -0.39 is 11.6 Å². The number of carbonyl (C=O) groups excluding carboxylic acids is 2. The van der Waals surface area contributed by atoms with Gasteiger partial charge < -0.3 is 15.0 Å². The fourth-order valence-electron chi connectivity index (χ4n) is 3.86. The molecule has 3 rings (SSSR count). The Morgan fingerprint density at radius 3 is 2.19 bits per heavy atom. The van der Waals surface area contributed by atoms with Crippen LogP contribution in [0.2, 0.25) is 10.0 Å². The summed E-state index contributed by atoms with van der Waals surface area (Å²) in [6, 6.07) is 21.4. The van der Waals surface area contributed by atoms with E-state index in [9.17, 15) is 9.59 Å². The molecule has 0 saturated carbocycles. The van der Waals surface area contributed by atoms with Crippen LogP contribution in [0.3, 0.4) is 0 Å². The summed E-state index contributed by atoms with van der Waals surface area (Å²) in [5.41, 5.74) is 2.03. The first-order valence-corrected chi connectivity index (χ1v) is 12.5. The number of hydrogen-bond donors (Lipinski definition) is 1. The number of amides is 2. The van der Waals surface area contributed by atoms with Crippen molar-refractivity contribution in [3.8, 4) is 5.75 Å². The number of rotatable bonds is 9. The SMILES string of the molecule is COc1ccc(CC(=O)N(Cc2ccc(Cl)cc2Cl)[C@@H](Cc2ccccc2)C(=O)NC(C)(C)C)cc1. The Kier molecular flexibility index (Phi) is 9.41. The lowest BCUT2D eigenvalue weighted by Crippen LogP contribution is -2.54. The van der Waals surface area contributed by atoms with E-state index in [2.05, 4.69) is 5.32 Å². The number of hydrogen-bond acceptors (Lipinski definition) is 3. The van der Waals surface area contributed by atoms with Crippen molar-refractivity contribution in [3.63, 3.8) is 0 Å². The van der Waals surface area contributed by atoms with Gasteiger partial charge in [0.05, 0.1) is 13.5 Å². The summed E-state index contributed by atoms with van der Waals surface area (Å²) in [6.45, 7) is 5.93. The van der Waals surface area contributed by atoms with E-state index in [-0.39, 0.29) is 24.8 Å². The Morgan fingerprint density at radius 1 is 0.944 bits per heavy atom. The number of halogens is 2. The van der Waals surface area contributed by atoms with Gasteiger partial charge >= 0.3 is 0 Å². The maximum Gasteiger partial charge on any atom is 0.243 e. The highest BCUT2D eigenvalue weighted by molar-refractivity contribution is 6.35. The summed E-state index contributed by atoms with van der Waals surface area (Å²) in [4.78, 5) is 29.0. The molecule has 7 heteroatoms. The lowest BCUT2D eigenvalue weighted by molar-refractivity contribution is -0.141. The molecular formula is C29H32Cl2N2O3. The second-order valence-electron chi connectivity index (χ2n) is 9.73. The smallest absolute Gasteiger partial charge is 0.243 e. The van der Waals surface area contributed by atoms with Crippen molar-refractivity contribution in [3.05, 3.63) is 99.5 Å².